The number of nitrogens with two attached hydrogens (primary N) is 2. The van der Waals surface area contributed by atoms with E-state index in [2.05, 4.69) is 4.98 Å². The molecule has 4 N–H and O–H groups in total. The third kappa shape index (κ3) is 0.915. The number of aromatic nitrogens is 3. The third-order valence-corrected chi connectivity index (χ3v) is 1.94. The molecule has 0 aromatic carbocycles. The van der Waals surface area contributed by atoms with E-state index in [0.29, 0.717) is 11.8 Å². The van der Waals surface area contributed by atoms with Crippen molar-refractivity contribution in [3.63, 3.8) is 0 Å². The molecule has 13 heavy (non-hydrogen) atoms. The average molecular weight is 180 g/mol. The van der Waals surface area contributed by atoms with Crippen molar-refractivity contribution in [2.45, 2.75) is 0 Å². The first-order valence-electron chi connectivity index (χ1n) is 3.89. The highest BCUT2D eigenvalue weighted by atomic mass is 15.5. The van der Waals surface area contributed by atoms with Gasteiger partial charge in [-0.15, -0.1) is 0 Å². The fourth-order valence-corrected chi connectivity index (χ4v) is 1.36. The summed E-state index contributed by atoms with van der Waals surface area (Å²) < 4.78 is 3.62. The molecule has 0 atom stereocenters. The molecular formula is C7H12N6. The van der Waals surface area contributed by atoms with Crippen LogP contribution in [0.4, 0.5) is 11.8 Å². The molecule has 6 heteroatoms. The molecule has 2 aromatic heterocycles. The van der Waals surface area contributed by atoms with E-state index in [1.54, 1.807) is 4.40 Å². The molecule has 0 spiro atoms. The zero-order chi connectivity index (χ0) is 9.59. The molecule has 0 saturated carbocycles. The Morgan fingerprint density at radius 3 is 2.62 bits per heavy atom. The van der Waals surface area contributed by atoms with Crippen molar-refractivity contribution in [2.75, 3.05) is 30.6 Å². The van der Waals surface area contributed by atoms with Gasteiger partial charge in [0.05, 0.1) is 0 Å². The summed E-state index contributed by atoms with van der Waals surface area (Å²) in [7, 11) is 3.84. The normalized spacial score (nSPS) is 10.9. The minimum atomic E-state index is 0.410. The van der Waals surface area contributed by atoms with E-state index in [1.165, 1.54) is 0 Å². The van der Waals surface area contributed by atoms with Gasteiger partial charge < -0.3 is 16.5 Å². The van der Waals surface area contributed by atoms with Crippen molar-refractivity contribution in [1.29, 1.82) is 0 Å². The Balaban J connectivity index is 2.79. The van der Waals surface area contributed by atoms with Crippen LogP contribution in [0.1, 0.15) is 0 Å². The highest BCUT2D eigenvalue weighted by molar-refractivity contribution is 5.66. The quantitative estimate of drug-likeness (QED) is 0.620. The van der Waals surface area contributed by atoms with Crippen LogP contribution >= 0.6 is 0 Å². The molecule has 2 aromatic rings. The topological polar surface area (TPSA) is 77.5 Å². The zero-order valence-corrected chi connectivity index (χ0v) is 7.60. The highest BCUT2D eigenvalue weighted by Gasteiger charge is 2.10. The summed E-state index contributed by atoms with van der Waals surface area (Å²) in [6.07, 6.45) is 3.71. The number of fused-ring (bicyclic) bond motifs is 1. The highest BCUT2D eigenvalue weighted by Crippen LogP contribution is 2.16. The third-order valence-electron chi connectivity index (χ3n) is 1.94. The molecule has 0 saturated heterocycles. The van der Waals surface area contributed by atoms with Gasteiger partial charge in [0.2, 0.25) is 5.95 Å². The van der Waals surface area contributed by atoms with E-state index < -0.39 is 0 Å². The molecular weight excluding hydrogens is 168 g/mol. The van der Waals surface area contributed by atoms with Crippen LogP contribution in [0.15, 0.2) is 12.4 Å². The van der Waals surface area contributed by atoms with Gasteiger partial charge in [-0.05, 0) is 0 Å². The van der Waals surface area contributed by atoms with Crippen LogP contribution < -0.4 is 16.5 Å². The van der Waals surface area contributed by atoms with Gasteiger partial charge in [0, 0.05) is 26.5 Å². The summed E-state index contributed by atoms with van der Waals surface area (Å²) in [5.74, 6) is 0.851. The Morgan fingerprint density at radius 1 is 1.31 bits per heavy atom. The Morgan fingerprint density at radius 2 is 2.00 bits per heavy atom. The van der Waals surface area contributed by atoms with Crippen molar-refractivity contribution in [2.24, 2.45) is 0 Å². The predicted molar refractivity (Wildman–Crippen MR) is 52.1 cm³/mol. The molecule has 0 aliphatic carbocycles. The molecule has 0 radical (unpaired) electrons. The maximum atomic E-state index is 5.70. The molecule has 0 aliphatic heterocycles. The standard InChI is InChI=1S/C7H12N6/c1-11(2)13-4-3-12-6(13)5(8)10-7(12)9/h3-4H,8H2,1-2H3,(H2,9,10). The smallest absolute Gasteiger partial charge is 0.208 e. The molecule has 0 amide bonds. The molecule has 70 valence electrons. The average Bonchev–Trinajstić information content (AvgIpc) is 2.55. The predicted octanol–water partition coefficient (Wildman–Crippen LogP) is -0.502. The van der Waals surface area contributed by atoms with E-state index in [9.17, 15) is 0 Å². The molecule has 6 nitrogen and oxygen atoms in total. The van der Waals surface area contributed by atoms with E-state index >= 15 is 0 Å². The maximum Gasteiger partial charge on any atom is 0.208 e. The molecule has 2 rings (SSSR count). The lowest BCUT2D eigenvalue weighted by Crippen LogP contribution is -2.23. The van der Waals surface area contributed by atoms with Gasteiger partial charge in [0.25, 0.3) is 0 Å². The van der Waals surface area contributed by atoms with Crippen LogP contribution in [-0.4, -0.2) is 28.2 Å². The Labute approximate surface area is 75.3 Å². The van der Waals surface area contributed by atoms with Crippen LogP contribution in [0.3, 0.4) is 0 Å². The van der Waals surface area contributed by atoms with Gasteiger partial charge in [0.1, 0.15) is 0 Å². The zero-order valence-electron chi connectivity index (χ0n) is 7.60. The summed E-state index contributed by atoms with van der Waals surface area (Å²) in [6.45, 7) is 0. The Bertz CT molecular complexity index is 437. The van der Waals surface area contributed by atoms with Crippen molar-refractivity contribution in [3.8, 4) is 0 Å². The van der Waals surface area contributed by atoms with Gasteiger partial charge in [-0.3, -0.25) is 4.40 Å². The van der Waals surface area contributed by atoms with Gasteiger partial charge in [0.15, 0.2) is 11.5 Å². The van der Waals surface area contributed by atoms with E-state index in [1.807, 2.05) is 36.2 Å². The number of imidazole rings is 2. The molecule has 2 heterocycles. The Kier molecular flexibility index (Phi) is 1.39. The second-order valence-corrected chi connectivity index (χ2v) is 3.04. The fraction of sp³-hybridized carbons (Fsp3) is 0.286. The first-order chi connectivity index (χ1) is 6.11. The first kappa shape index (κ1) is 7.78. The monoisotopic (exact) mass is 180 g/mol. The SMILES string of the molecule is CN(C)n1ccn2c(N)nc(N)c12. The molecule has 0 aliphatic rings. The minimum absolute atomic E-state index is 0.410. The summed E-state index contributed by atoms with van der Waals surface area (Å²) in [5.41, 5.74) is 12.1. The molecule has 0 unspecified atom stereocenters. The van der Waals surface area contributed by atoms with Crippen molar-refractivity contribution in [3.05, 3.63) is 12.4 Å². The summed E-state index contributed by atoms with van der Waals surface area (Å²) in [5, 5.41) is 1.90. The summed E-state index contributed by atoms with van der Waals surface area (Å²) >= 11 is 0. The number of nitrogens with zero attached hydrogens (tertiary/aromatic N) is 4. The van der Waals surface area contributed by atoms with E-state index in [4.69, 9.17) is 11.5 Å². The maximum absolute atomic E-state index is 5.70. The largest absolute Gasteiger partial charge is 0.380 e. The van der Waals surface area contributed by atoms with Crippen LogP contribution in [0.2, 0.25) is 0 Å². The van der Waals surface area contributed by atoms with Crippen molar-refractivity contribution >= 4 is 17.4 Å². The fourth-order valence-electron chi connectivity index (χ4n) is 1.36. The lowest BCUT2D eigenvalue weighted by molar-refractivity contribution is 0.758. The summed E-state index contributed by atoms with van der Waals surface area (Å²) in [4.78, 5) is 3.96. The Hall–Kier alpha value is -1.85. The van der Waals surface area contributed by atoms with E-state index in [-0.39, 0.29) is 0 Å². The van der Waals surface area contributed by atoms with E-state index in [0.717, 1.165) is 5.65 Å². The minimum Gasteiger partial charge on any atom is -0.380 e. The number of rotatable bonds is 1. The first-order valence-corrected chi connectivity index (χ1v) is 3.89. The molecule has 0 fully saturated rings. The van der Waals surface area contributed by atoms with Gasteiger partial charge in [-0.25, -0.2) is 4.68 Å². The number of anilines is 2. The van der Waals surface area contributed by atoms with Crippen LogP contribution in [0, 0.1) is 0 Å². The van der Waals surface area contributed by atoms with Crippen LogP contribution in [0.25, 0.3) is 5.65 Å². The van der Waals surface area contributed by atoms with Gasteiger partial charge in [-0.2, -0.15) is 4.98 Å². The van der Waals surface area contributed by atoms with Crippen LogP contribution in [-0.2, 0) is 0 Å². The van der Waals surface area contributed by atoms with Crippen molar-refractivity contribution < 1.29 is 0 Å². The van der Waals surface area contributed by atoms with Gasteiger partial charge in [-0.1, -0.05) is 0 Å². The van der Waals surface area contributed by atoms with Crippen LogP contribution in [0.5, 0.6) is 0 Å². The second kappa shape index (κ2) is 2.32. The van der Waals surface area contributed by atoms with Gasteiger partial charge >= 0.3 is 0 Å². The number of hydrogen-bond acceptors (Lipinski definition) is 4. The number of nitrogen functional groups attached to an aromatic ring is 2. The van der Waals surface area contributed by atoms with Crippen molar-refractivity contribution in [1.82, 2.24) is 14.1 Å². The number of hydrogen-bond donors (Lipinski definition) is 2. The lowest BCUT2D eigenvalue weighted by atomic mass is 10.7. The summed E-state index contributed by atoms with van der Waals surface area (Å²) in [6, 6.07) is 0. The lowest BCUT2D eigenvalue weighted by Gasteiger charge is -2.13. The molecule has 0 bridgehead atoms. The second-order valence-electron chi connectivity index (χ2n) is 3.04.